The van der Waals surface area contributed by atoms with Gasteiger partial charge in [0, 0.05) is 13.7 Å². The van der Waals surface area contributed by atoms with Crippen molar-refractivity contribution < 1.29 is 18.7 Å². The minimum Gasteiger partial charge on any atom is -0.491 e. The van der Waals surface area contributed by atoms with E-state index >= 15 is 0 Å². The van der Waals surface area contributed by atoms with Crippen molar-refractivity contribution in [1.29, 1.82) is 0 Å². The Morgan fingerprint density at radius 1 is 1.53 bits per heavy atom. The molecule has 1 aromatic carbocycles. The van der Waals surface area contributed by atoms with Crippen LogP contribution in [0, 0.1) is 5.82 Å². The molecule has 0 aromatic heterocycles. The van der Waals surface area contributed by atoms with Crippen molar-refractivity contribution in [1.82, 2.24) is 5.32 Å². The Hall–Kier alpha value is -1.66. The van der Waals surface area contributed by atoms with E-state index in [2.05, 4.69) is 5.32 Å². The first-order chi connectivity index (χ1) is 9.08. The average molecular weight is 270 g/mol. The Morgan fingerprint density at radius 2 is 2.26 bits per heavy atom. The Balaban J connectivity index is 2.54. The highest BCUT2D eigenvalue weighted by Gasteiger charge is 2.12. The number of rotatable bonds is 7. The van der Waals surface area contributed by atoms with Crippen LogP contribution < -0.4 is 15.8 Å². The molecule has 19 heavy (non-hydrogen) atoms. The summed E-state index contributed by atoms with van der Waals surface area (Å²) in [6, 6.07) is 3.83. The second-order valence-corrected chi connectivity index (χ2v) is 3.98. The molecular weight excluding hydrogens is 251 g/mol. The zero-order valence-electron chi connectivity index (χ0n) is 11.1. The van der Waals surface area contributed by atoms with Crippen molar-refractivity contribution >= 4 is 5.91 Å². The van der Waals surface area contributed by atoms with Crippen LogP contribution in [0.25, 0.3) is 0 Å². The highest BCUT2D eigenvalue weighted by molar-refractivity contribution is 5.81. The average Bonchev–Trinajstić information content (AvgIpc) is 2.39. The Morgan fingerprint density at radius 3 is 2.84 bits per heavy atom. The van der Waals surface area contributed by atoms with Crippen molar-refractivity contribution in [2.45, 2.75) is 19.5 Å². The van der Waals surface area contributed by atoms with Crippen LogP contribution in [0.3, 0.4) is 0 Å². The molecule has 3 N–H and O–H groups in total. The van der Waals surface area contributed by atoms with Gasteiger partial charge in [0.1, 0.15) is 6.04 Å². The summed E-state index contributed by atoms with van der Waals surface area (Å²) in [5, 5.41) is 2.61. The molecule has 0 aliphatic rings. The fourth-order valence-corrected chi connectivity index (χ4v) is 1.50. The summed E-state index contributed by atoms with van der Waals surface area (Å²) in [6.45, 7) is 2.53. The first-order valence-corrected chi connectivity index (χ1v) is 6.02. The predicted octanol–water partition coefficient (Wildman–Crippen LogP) is 0.814. The smallest absolute Gasteiger partial charge is 0.239 e. The summed E-state index contributed by atoms with van der Waals surface area (Å²) in [6.07, 6.45) is 0. The maximum atomic E-state index is 13.6. The Kier molecular flexibility index (Phi) is 6.24. The molecule has 0 radical (unpaired) electrons. The summed E-state index contributed by atoms with van der Waals surface area (Å²) < 4.78 is 23.4. The molecule has 0 saturated heterocycles. The molecule has 0 spiro atoms. The van der Waals surface area contributed by atoms with E-state index in [1.54, 1.807) is 13.0 Å². The van der Waals surface area contributed by atoms with Gasteiger partial charge in [-0.15, -0.1) is 0 Å². The van der Waals surface area contributed by atoms with Gasteiger partial charge >= 0.3 is 0 Å². The molecular formula is C13H19FN2O3. The lowest BCUT2D eigenvalue weighted by Crippen LogP contribution is -2.43. The van der Waals surface area contributed by atoms with Crippen LogP contribution in [-0.2, 0) is 16.1 Å². The van der Waals surface area contributed by atoms with Gasteiger partial charge in [0.25, 0.3) is 0 Å². The van der Waals surface area contributed by atoms with Gasteiger partial charge in [-0.25, -0.2) is 4.39 Å². The lowest BCUT2D eigenvalue weighted by molar-refractivity contribution is -0.123. The monoisotopic (exact) mass is 270 g/mol. The summed E-state index contributed by atoms with van der Waals surface area (Å²) in [5.41, 5.74) is 6.19. The van der Waals surface area contributed by atoms with Gasteiger partial charge in [-0.3, -0.25) is 4.79 Å². The zero-order chi connectivity index (χ0) is 14.3. The SMILES string of the molecule is CCOc1ccc(CNC(=O)C(N)COC)cc1F. The minimum atomic E-state index is -0.724. The van der Waals surface area contributed by atoms with Gasteiger partial charge < -0.3 is 20.5 Å². The summed E-state index contributed by atoms with van der Waals surface area (Å²) in [4.78, 5) is 11.5. The largest absolute Gasteiger partial charge is 0.491 e. The molecule has 0 saturated carbocycles. The van der Waals surface area contributed by atoms with Crippen molar-refractivity contribution in [2.24, 2.45) is 5.73 Å². The number of methoxy groups -OCH3 is 1. The molecule has 0 aliphatic heterocycles. The maximum absolute atomic E-state index is 13.6. The lowest BCUT2D eigenvalue weighted by atomic mass is 10.2. The van der Waals surface area contributed by atoms with Crippen LogP contribution in [0.4, 0.5) is 4.39 Å². The number of amides is 1. The number of carbonyl (C=O) groups excluding carboxylic acids is 1. The maximum Gasteiger partial charge on any atom is 0.239 e. The number of hydrogen-bond donors (Lipinski definition) is 2. The summed E-state index contributed by atoms with van der Waals surface area (Å²) in [5.74, 6) is -0.584. The number of nitrogens with one attached hydrogen (secondary N) is 1. The van der Waals surface area contributed by atoms with Crippen LogP contribution in [0.5, 0.6) is 5.75 Å². The van der Waals surface area contributed by atoms with E-state index in [0.29, 0.717) is 12.2 Å². The number of carbonyl (C=O) groups is 1. The lowest BCUT2D eigenvalue weighted by Gasteiger charge is -2.12. The number of benzene rings is 1. The second kappa shape index (κ2) is 7.70. The van der Waals surface area contributed by atoms with Crippen molar-refractivity contribution in [2.75, 3.05) is 20.3 Å². The van der Waals surface area contributed by atoms with E-state index in [1.807, 2.05) is 0 Å². The van der Waals surface area contributed by atoms with Crippen molar-refractivity contribution in [3.8, 4) is 5.75 Å². The van der Waals surface area contributed by atoms with Crippen molar-refractivity contribution in [3.05, 3.63) is 29.6 Å². The number of nitrogens with two attached hydrogens (primary N) is 1. The molecule has 1 unspecified atom stereocenters. The van der Waals surface area contributed by atoms with Gasteiger partial charge in [-0.1, -0.05) is 6.07 Å². The molecule has 0 aliphatic carbocycles. The van der Waals surface area contributed by atoms with E-state index in [-0.39, 0.29) is 24.8 Å². The predicted molar refractivity (Wildman–Crippen MR) is 69.3 cm³/mol. The standard InChI is InChI=1S/C13H19FN2O3/c1-3-19-12-5-4-9(6-10(12)14)7-16-13(17)11(15)8-18-2/h4-6,11H,3,7-8,15H2,1-2H3,(H,16,17). The van der Waals surface area contributed by atoms with E-state index < -0.39 is 11.9 Å². The third kappa shape index (κ3) is 4.84. The van der Waals surface area contributed by atoms with Crippen molar-refractivity contribution in [3.63, 3.8) is 0 Å². The topological polar surface area (TPSA) is 73.6 Å². The van der Waals surface area contributed by atoms with E-state index in [0.717, 1.165) is 0 Å². The number of hydrogen-bond acceptors (Lipinski definition) is 4. The summed E-state index contributed by atoms with van der Waals surface area (Å²) >= 11 is 0. The second-order valence-electron chi connectivity index (χ2n) is 3.98. The highest BCUT2D eigenvalue weighted by atomic mass is 19.1. The van der Waals surface area contributed by atoms with Crippen LogP contribution in [-0.4, -0.2) is 32.3 Å². The highest BCUT2D eigenvalue weighted by Crippen LogP contribution is 2.18. The van der Waals surface area contributed by atoms with Gasteiger partial charge in [-0.05, 0) is 24.6 Å². The van der Waals surface area contributed by atoms with Crippen LogP contribution in [0.2, 0.25) is 0 Å². The van der Waals surface area contributed by atoms with Gasteiger partial charge in [-0.2, -0.15) is 0 Å². The zero-order valence-corrected chi connectivity index (χ0v) is 11.1. The molecule has 6 heteroatoms. The summed E-state index contributed by atoms with van der Waals surface area (Å²) in [7, 11) is 1.47. The Bertz CT molecular complexity index is 426. The van der Waals surface area contributed by atoms with E-state index in [9.17, 15) is 9.18 Å². The molecule has 1 amide bonds. The molecule has 1 aromatic rings. The first kappa shape index (κ1) is 15.4. The Labute approximate surface area is 111 Å². The molecule has 5 nitrogen and oxygen atoms in total. The van der Waals surface area contributed by atoms with Gasteiger partial charge in [0.2, 0.25) is 5.91 Å². The van der Waals surface area contributed by atoms with E-state index in [4.69, 9.17) is 15.2 Å². The molecule has 106 valence electrons. The quantitative estimate of drug-likeness (QED) is 0.769. The van der Waals surface area contributed by atoms with E-state index in [1.165, 1.54) is 19.2 Å². The molecule has 1 rings (SSSR count). The third-order valence-corrected chi connectivity index (χ3v) is 2.45. The number of ether oxygens (including phenoxy) is 2. The molecule has 0 fully saturated rings. The fourth-order valence-electron chi connectivity index (χ4n) is 1.50. The van der Waals surface area contributed by atoms with Gasteiger partial charge in [0.05, 0.1) is 13.2 Å². The first-order valence-electron chi connectivity index (χ1n) is 6.02. The van der Waals surface area contributed by atoms with Gasteiger partial charge in [0.15, 0.2) is 11.6 Å². The molecule has 1 atom stereocenters. The third-order valence-electron chi connectivity index (χ3n) is 2.45. The van der Waals surface area contributed by atoms with Crippen LogP contribution in [0.1, 0.15) is 12.5 Å². The normalized spacial score (nSPS) is 12.0. The number of halogens is 1. The minimum absolute atomic E-state index is 0.142. The van der Waals surface area contributed by atoms with Crippen LogP contribution in [0.15, 0.2) is 18.2 Å². The van der Waals surface area contributed by atoms with Crippen LogP contribution >= 0.6 is 0 Å². The molecule has 0 heterocycles. The molecule has 0 bridgehead atoms. The fraction of sp³-hybridized carbons (Fsp3) is 0.462.